The molecule has 1 atom stereocenters. The van der Waals surface area contributed by atoms with E-state index in [0.717, 1.165) is 5.56 Å². The summed E-state index contributed by atoms with van der Waals surface area (Å²) in [7, 11) is 0. The fraction of sp³-hybridized carbons (Fsp3) is 0.167. The highest BCUT2D eigenvalue weighted by molar-refractivity contribution is 6.00. The summed E-state index contributed by atoms with van der Waals surface area (Å²) in [5.41, 5.74) is 2.17. The maximum Gasteiger partial charge on any atom is 0.147 e. The first kappa shape index (κ1) is 9.65. The van der Waals surface area contributed by atoms with Crippen LogP contribution in [0, 0.1) is 12.3 Å². The van der Waals surface area contributed by atoms with Crippen LogP contribution in [0.3, 0.4) is 0 Å². The largest absolute Gasteiger partial charge is 0.511 e. The molecular weight excluding hydrogens is 188 g/mol. The first-order valence-electron chi connectivity index (χ1n) is 4.76. The first-order valence-corrected chi connectivity index (χ1v) is 4.76. The van der Waals surface area contributed by atoms with Crippen LogP contribution in [0.25, 0.3) is 0 Å². The number of hydrogen-bond donors (Lipinski definition) is 2. The number of aliphatic imine (C=N–C) groups is 1. The number of aryl methyl sites for hydroxylation is 1. The van der Waals surface area contributed by atoms with E-state index in [0.29, 0.717) is 0 Å². The average Bonchev–Trinajstić information content (AvgIpc) is 2.20. The molecule has 3 nitrogen and oxygen atoms in total. The molecule has 1 unspecified atom stereocenters. The Morgan fingerprint density at radius 3 is 2.53 bits per heavy atom. The molecule has 0 fully saturated rings. The van der Waals surface area contributed by atoms with Crippen molar-refractivity contribution < 1.29 is 5.11 Å². The molecule has 1 aliphatic heterocycles. The highest BCUT2D eigenvalue weighted by atomic mass is 16.3. The minimum Gasteiger partial charge on any atom is -0.511 e. The second-order valence-corrected chi connectivity index (χ2v) is 3.62. The van der Waals surface area contributed by atoms with Gasteiger partial charge in [-0.2, -0.15) is 0 Å². The topological polar surface area (TPSA) is 56.4 Å². The van der Waals surface area contributed by atoms with Gasteiger partial charge < -0.3 is 5.11 Å². The second kappa shape index (κ2) is 3.69. The maximum absolute atomic E-state index is 9.69. The van der Waals surface area contributed by atoms with Crippen LogP contribution >= 0.6 is 0 Å². The molecule has 0 saturated carbocycles. The number of aliphatic hydroxyl groups is 1. The lowest BCUT2D eigenvalue weighted by Crippen LogP contribution is -2.10. The van der Waals surface area contributed by atoms with Crippen molar-refractivity contribution in [3.63, 3.8) is 0 Å². The zero-order valence-electron chi connectivity index (χ0n) is 8.44. The molecule has 1 heterocycles. The zero-order chi connectivity index (χ0) is 10.8. The Labute approximate surface area is 88.3 Å². The summed E-state index contributed by atoms with van der Waals surface area (Å²) in [4.78, 5) is 3.88. The van der Waals surface area contributed by atoms with E-state index < -0.39 is 0 Å². The lowest BCUT2D eigenvalue weighted by molar-refractivity contribution is 0.391. The van der Waals surface area contributed by atoms with Gasteiger partial charge in [-0.15, -0.1) is 0 Å². The van der Waals surface area contributed by atoms with Crippen LogP contribution in [-0.2, 0) is 0 Å². The van der Waals surface area contributed by atoms with Crippen molar-refractivity contribution in [3.05, 3.63) is 47.2 Å². The average molecular weight is 200 g/mol. The Balaban J connectivity index is 2.32. The Morgan fingerprint density at radius 1 is 1.27 bits per heavy atom. The smallest absolute Gasteiger partial charge is 0.147 e. The number of allylic oxidation sites excluding steroid dienone is 1. The summed E-state index contributed by atoms with van der Waals surface area (Å²) in [6.45, 7) is 2.02. The molecule has 0 radical (unpaired) electrons. The number of rotatable bonds is 1. The lowest BCUT2D eigenvalue weighted by atomic mass is 9.96. The van der Waals surface area contributed by atoms with Gasteiger partial charge in [-0.05, 0) is 12.5 Å². The fourth-order valence-corrected chi connectivity index (χ4v) is 1.53. The predicted octanol–water partition coefficient (Wildman–Crippen LogP) is 2.58. The summed E-state index contributed by atoms with van der Waals surface area (Å²) in [5, 5.41) is 17.0. The lowest BCUT2D eigenvalue weighted by Gasteiger charge is -2.15. The van der Waals surface area contributed by atoms with E-state index in [1.165, 1.54) is 11.6 Å². The van der Waals surface area contributed by atoms with E-state index in [9.17, 15) is 5.11 Å². The summed E-state index contributed by atoms with van der Waals surface area (Å²) in [5.74, 6) is 0.0643. The first-order chi connectivity index (χ1) is 7.16. The molecule has 0 aromatic heterocycles. The van der Waals surface area contributed by atoms with Crippen LogP contribution in [0.4, 0.5) is 0 Å². The van der Waals surface area contributed by atoms with Crippen molar-refractivity contribution in [2.45, 2.75) is 12.8 Å². The molecule has 2 N–H and O–H groups in total. The van der Waals surface area contributed by atoms with Crippen molar-refractivity contribution in [2.75, 3.05) is 0 Å². The minimum atomic E-state index is -0.209. The third-order valence-electron chi connectivity index (χ3n) is 2.40. The molecule has 0 aliphatic carbocycles. The van der Waals surface area contributed by atoms with Crippen molar-refractivity contribution in [3.8, 4) is 0 Å². The van der Waals surface area contributed by atoms with Gasteiger partial charge in [0.25, 0.3) is 0 Å². The molecule has 0 spiro atoms. The minimum absolute atomic E-state index is 0.0934. The third kappa shape index (κ3) is 1.96. The van der Waals surface area contributed by atoms with Gasteiger partial charge in [0, 0.05) is 12.3 Å². The summed E-state index contributed by atoms with van der Waals surface area (Å²) >= 11 is 0. The number of dihydropyridines is 1. The Bertz CT molecular complexity index is 443. The van der Waals surface area contributed by atoms with Gasteiger partial charge in [-0.25, -0.2) is 4.99 Å². The van der Waals surface area contributed by atoms with E-state index in [-0.39, 0.29) is 17.5 Å². The van der Waals surface area contributed by atoms with Crippen LogP contribution in [0.2, 0.25) is 0 Å². The van der Waals surface area contributed by atoms with Gasteiger partial charge in [0.2, 0.25) is 0 Å². The van der Waals surface area contributed by atoms with E-state index in [1.807, 2.05) is 31.2 Å². The highest BCUT2D eigenvalue weighted by Gasteiger charge is 2.17. The zero-order valence-corrected chi connectivity index (χ0v) is 8.44. The number of benzene rings is 1. The van der Waals surface area contributed by atoms with Crippen molar-refractivity contribution >= 4 is 12.1 Å². The molecule has 3 heteroatoms. The number of nitrogens with zero attached hydrogens (tertiary/aromatic N) is 1. The molecule has 0 saturated heterocycles. The molecule has 1 aromatic carbocycles. The Kier molecular flexibility index (Phi) is 2.37. The molecule has 0 amide bonds. The third-order valence-corrected chi connectivity index (χ3v) is 2.40. The van der Waals surface area contributed by atoms with Crippen LogP contribution < -0.4 is 0 Å². The molecule has 2 rings (SSSR count). The van der Waals surface area contributed by atoms with Gasteiger partial charge in [-0.1, -0.05) is 29.8 Å². The van der Waals surface area contributed by atoms with E-state index in [2.05, 4.69) is 4.99 Å². The van der Waals surface area contributed by atoms with Crippen LogP contribution in [0.15, 0.2) is 41.1 Å². The van der Waals surface area contributed by atoms with E-state index >= 15 is 0 Å². The maximum atomic E-state index is 9.69. The Morgan fingerprint density at radius 2 is 1.93 bits per heavy atom. The van der Waals surface area contributed by atoms with Crippen LogP contribution in [0.5, 0.6) is 0 Å². The summed E-state index contributed by atoms with van der Waals surface area (Å²) < 4.78 is 0. The van der Waals surface area contributed by atoms with Crippen molar-refractivity contribution in [1.82, 2.24) is 0 Å². The standard InChI is InChI=1S/C12H12N2O/c1-8-2-4-9(5-3-8)10-7-14-12(13)6-11(10)15/h2-7,10,13,15H,1H3. The van der Waals surface area contributed by atoms with Crippen LogP contribution in [-0.4, -0.2) is 17.2 Å². The highest BCUT2D eigenvalue weighted by Crippen LogP contribution is 2.23. The number of hydrogen-bond acceptors (Lipinski definition) is 2. The summed E-state index contributed by atoms with van der Waals surface area (Å²) in [6.07, 6.45) is 2.98. The SMILES string of the molecule is Cc1ccc(C2C=NC(=N)C=C2O)cc1. The van der Waals surface area contributed by atoms with Gasteiger partial charge in [0.05, 0.1) is 5.92 Å². The van der Waals surface area contributed by atoms with Gasteiger partial charge >= 0.3 is 0 Å². The summed E-state index contributed by atoms with van der Waals surface area (Å²) in [6, 6.07) is 7.92. The van der Waals surface area contributed by atoms with Crippen molar-refractivity contribution in [2.24, 2.45) is 4.99 Å². The normalized spacial score (nSPS) is 20.2. The second-order valence-electron chi connectivity index (χ2n) is 3.62. The van der Waals surface area contributed by atoms with Crippen molar-refractivity contribution in [1.29, 1.82) is 5.41 Å². The quantitative estimate of drug-likeness (QED) is 0.719. The monoisotopic (exact) mass is 200 g/mol. The molecule has 0 bridgehead atoms. The fourth-order valence-electron chi connectivity index (χ4n) is 1.53. The molecule has 15 heavy (non-hydrogen) atoms. The number of aliphatic hydroxyl groups excluding tert-OH is 1. The molecule has 1 aromatic rings. The van der Waals surface area contributed by atoms with Gasteiger partial charge in [0.1, 0.15) is 11.6 Å². The van der Waals surface area contributed by atoms with Crippen LogP contribution in [0.1, 0.15) is 17.0 Å². The Hall–Kier alpha value is -1.90. The molecule has 1 aliphatic rings. The van der Waals surface area contributed by atoms with E-state index in [4.69, 9.17) is 5.41 Å². The number of amidine groups is 1. The molecular formula is C12H12N2O. The molecule has 76 valence electrons. The number of nitrogens with one attached hydrogen (secondary N) is 1. The predicted molar refractivity (Wildman–Crippen MR) is 60.9 cm³/mol. The van der Waals surface area contributed by atoms with E-state index in [1.54, 1.807) is 6.21 Å². The van der Waals surface area contributed by atoms with Gasteiger partial charge in [-0.3, -0.25) is 5.41 Å². The van der Waals surface area contributed by atoms with Gasteiger partial charge in [0.15, 0.2) is 0 Å².